The average molecular weight is 204 g/mol. The predicted molar refractivity (Wildman–Crippen MR) is 43.0 cm³/mol. The lowest BCUT2D eigenvalue weighted by Gasteiger charge is -2.05. The van der Waals surface area contributed by atoms with Crippen molar-refractivity contribution in [3.05, 3.63) is 29.1 Å². The molecule has 5 heteroatoms. The summed E-state index contributed by atoms with van der Waals surface area (Å²) < 4.78 is 37.3. The van der Waals surface area contributed by atoms with Crippen LogP contribution in [0.25, 0.3) is 0 Å². The lowest BCUT2D eigenvalue weighted by Crippen LogP contribution is -1.99. The van der Waals surface area contributed by atoms with E-state index in [1.807, 2.05) is 0 Å². The number of rotatable bonds is 2. The summed E-state index contributed by atoms with van der Waals surface area (Å²) in [4.78, 5) is 10.8. The van der Waals surface area contributed by atoms with Crippen molar-refractivity contribution in [3.63, 3.8) is 0 Å². The maximum Gasteiger partial charge on any atom is 0.264 e. The molecule has 0 atom stereocenters. The third-order valence-corrected chi connectivity index (χ3v) is 1.71. The monoisotopic (exact) mass is 204 g/mol. The van der Waals surface area contributed by atoms with Crippen molar-refractivity contribution >= 4 is 5.78 Å². The lowest BCUT2D eigenvalue weighted by atomic mass is 10.1. The first kappa shape index (κ1) is 10.6. The lowest BCUT2D eigenvalue weighted by molar-refractivity contribution is 0.101. The van der Waals surface area contributed by atoms with Gasteiger partial charge in [-0.1, -0.05) is 0 Å². The van der Waals surface area contributed by atoms with Gasteiger partial charge in [-0.05, 0) is 19.1 Å². The number of phenols is 1. The summed E-state index contributed by atoms with van der Waals surface area (Å²) in [5.74, 6) is -2.81. The summed E-state index contributed by atoms with van der Waals surface area (Å²) >= 11 is 0. The Balaban J connectivity index is 3.35. The number of hydrogen-bond donors (Lipinski definition) is 1. The van der Waals surface area contributed by atoms with Crippen molar-refractivity contribution in [2.75, 3.05) is 0 Å². The molecular weight excluding hydrogens is 197 g/mol. The maximum atomic E-state index is 13.0. The Morgan fingerprint density at radius 2 is 2.00 bits per heavy atom. The van der Waals surface area contributed by atoms with Crippen LogP contribution >= 0.6 is 0 Å². The van der Waals surface area contributed by atoms with Gasteiger partial charge in [0.25, 0.3) is 6.43 Å². The predicted octanol–water partition coefficient (Wildman–Crippen LogP) is 2.67. The van der Waals surface area contributed by atoms with Gasteiger partial charge in [-0.2, -0.15) is 0 Å². The van der Waals surface area contributed by atoms with Crippen molar-refractivity contribution in [1.82, 2.24) is 0 Å². The van der Waals surface area contributed by atoms with Crippen molar-refractivity contribution in [2.45, 2.75) is 13.3 Å². The summed E-state index contributed by atoms with van der Waals surface area (Å²) in [6.45, 7) is 1.03. The molecule has 0 amide bonds. The van der Waals surface area contributed by atoms with Crippen molar-refractivity contribution in [1.29, 1.82) is 0 Å². The molecule has 0 bridgehead atoms. The van der Waals surface area contributed by atoms with Crippen LogP contribution in [0.2, 0.25) is 0 Å². The standard InChI is InChI=1S/C9H7F3O2/c1-4(13)6-2-5(9(11)12)3-7(14)8(6)10/h2-3,9,14H,1H3. The number of ketones is 1. The SMILES string of the molecule is CC(=O)c1cc(C(F)F)cc(O)c1F. The molecule has 1 rings (SSSR count). The highest BCUT2D eigenvalue weighted by Crippen LogP contribution is 2.28. The minimum Gasteiger partial charge on any atom is -0.505 e. The van der Waals surface area contributed by atoms with Crippen LogP contribution in [-0.2, 0) is 0 Å². The van der Waals surface area contributed by atoms with Gasteiger partial charge < -0.3 is 5.11 Å². The molecule has 0 saturated heterocycles. The highest BCUT2D eigenvalue weighted by atomic mass is 19.3. The number of phenolic OH excluding ortho intramolecular Hbond substituents is 1. The number of Topliss-reactive ketones (excluding diaryl/α,β-unsaturated/α-hetero) is 1. The molecule has 0 radical (unpaired) electrons. The Bertz CT molecular complexity index is 375. The highest BCUT2D eigenvalue weighted by molar-refractivity contribution is 5.95. The molecule has 0 saturated carbocycles. The molecule has 1 N–H and O–H groups in total. The van der Waals surface area contributed by atoms with E-state index in [1.54, 1.807) is 0 Å². The number of carbonyl (C=O) groups is 1. The topological polar surface area (TPSA) is 37.3 Å². The molecule has 0 spiro atoms. The average Bonchev–Trinajstić information content (AvgIpc) is 2.08. The van der Waals surface area contributed by atoms with E-state index in [4.69, 9.17) is 5.11 Å². The number of carbonyl (C=O) groups excluding carboxylic acids is 1. The molecule has 1 aromatic carbocycles. The Morgan fingerprint density at radius 1 is 1.43 bits per heavy atom. The Kier molecular flexibility index (Phi) is 2.78. The number of alkyl halides is 2. The molecule has 0 heterocycles. The van der Waals surface area contributed by atoms with Gasteiger partial charge in [-0.3, -0.25) is 4.79 Å². The molecule has 0 unspecified atom stereocenters. The van der Waals surface area contributed by atoms with E-state index in [1.165, 1.54) is 0 Å². The van der Waals surface area contributed by atoms with Gasteiger partial charge in [-0.25, -0.2) is 13.2 Å². The fraction of sp³-hybridized carbons (Fsp3) is 0.222. The Labute approximate surface area is 78.0 Å². The first-order valence-corrected chi connectivity index (χ1v) is 3.75. The minimum atomic E-state index is -2.85. The summed E-state index contributed by atoms with van der Waals surface area (Å²) in [5, 5.41) is 8.92. The molecule has 76 valence electrons. The molecule has 1 aromatic rings. The molecule has 14 heavy (non-hydrogen) atoms. The summed E-state index contributed by atoms with van der Waals surface area (Å²) in [7, 11) is 0. The molecule has 0 aliphatic heterocycles. The number of benzene rings is 1. The molecule has 0 aliphatic carbocycles. The number of aromatic hydroxyl groups is 1. The second-order valence-corrected chi connectivity index (χ2v) is 2.76. The van der Waals surface area contributed by atoms with Crippen molar-refractivity contribution < 1.29 is 23.1 Å². The highest BCUT2D eigenvalue weighted by Gasteiger charge is 2.17. The normalized spacial score (nSPS) is 10.6. The van der Waals surface area contributed by atoms with Crippen LogP contribution in [0, 0.1) is 5.82 Å². The van der Waals surface area contributed by atoms with Gasteiger partial charge in [0.1, 0.15) is 0 Å². The maximum absolute atomic E-state index is 13.0. The minimum absolute atomic E-state index is 0.527. The van der Waals surface area contributed by atoms with Crippen molar-refractivity contribution in [3.8, 4) is 5.75 Å². The van der Waals surface area contributed by atoms with Crippen molar-refractivity contribution in [2.24, 2.45) is 0 Å². The largest absolute Gasteiger partial charge is 0.505 e. The van der Waals surface area contributed by atoms with Crippen LogP contribution in [0.4, 0.5) is 13.2 Å². The van der Waals surface area contributed by atoms with Crippen LogP contribution in [-0.4, -0.2) is 10.9 Å². The summed E-state index contributed by atoms with van der Waals surface area (Å²) in [6.07, 6.45) is -2.85. The molecular formula is C9H7F3O2. The van der Waals surface area contributed by atoms with E-state index in [2.05, 4.69) is 0 Å². The molecule has 0 aromatic heterocycles. The van der Waals surface area contributed by atoms with E-state index in [-0.39, 0.29) is 0 Å². The first-order valence-electron chi connectivity index (χ1n) is 3.75. The second kappa shape index (κ2) is 3.69. The van der Waals surface area contributed by atoms with E-state index in [0.717, 1.165) is 13.0 Å². The third-order valence-electron chi connectivity index (χ3n) is 1.71. The Morgan fingerprint density at radius 3 is 2.43 bits per heavy atom. The van der Waals surface area contributed by atoms with Crippen LogP contribution in [0.15, 0.2) is 12.1 Å². The second-order valence-electron chi connectivity index (χ2n) is 2.76. The number of hydrogen-bond acceptors (Lipinski definition) is 2. The first-order chi connectivity index (χ1) is 6.43. The van der Waals surface area contributed by atoms with Crippen LogP contribution in [0.1, 0.15) is 29.3 Å². The van der Waals surface area contributed by atoms with Crippen LogP contribution < -0.4 is 0 Å². The van der Waals surface area contributed by atoms with Gasteiger partial charge in [0.15, 0.2) is 17.3 Å². The zero-order valence-electron chi connectivity index (χ0n) is 7.22. The third kappa shape index (κ3) is 1.86. The zero-order valence-corrected chi connectivity index (χ0v) is 7.22. The van der Waals surface area contributed by atoms with Gasteiger partial charge in [0.2, 0.25) is 0 Å². The Hall–Kier alpha value is -1.52. The van der Waals surface area contributed by atoms with E-state index >= 15 is 0 Å². The zero-order chi connectivity index (χ0) is 10.9. The number of halogens is 3. The van der Waals surface area contributed by atoms with E-state index < -0.39 is 34.9 Å². The summed E-state index contributed by atoms with van der Waals surface area (Å²) in [6, 6.07) is 1.34. The molecule has 2 nitrogen and oxygen atoms in total. The summed E-state index contributed by atoms with van der Waals surface area (Å²) in [5.41, 5.74) is -1.10. The van der Waals surface area contributed by atoms with E-state index in [9.17, 15) is 18.0 Å². The fourth-order valence-electron chi connectivity index (χ4n) is 1.01. The molecule has 0 fully saturated rings. The van der Waals surface area contributed by atoms with Gasteiger partial charge in [0, 0.05) is 5.56 Å². The smallest absolute Gasteiger partial charge is 0.264 e. The van der Waals surface area contributed by atoms with Gasteiger partial charge in [0.05, 0.1) is 5.56 Å². The van der Waals surface area contributed by atoms with E-state index in [0.29, 0.717) is 6.07 Å². The fourth-order valence-corrected chi connectivity index (χ4v) is 1.01. The van der Waals surface area contributed by atoms with Crippen LogP contribution in [0.3, 0.4) is 0 Å². The van der Waals surface area contributed by atoms with Gasteiger partial charge in [-0.15, -0.1) is 0 Å². The van der Waals surface area contributed by atoms with Gasteiger partial charge >= 0.3 is 0 Å². The van der Waals surface area contributed by atoms with Crippen LogP contribution in [0.5, 0.6) is 5.75 Å². The molecule has 0 aliphatic rings. The quantitative estimate of drug-likeness (QED) is 0.752.